The highest BCUT2D eigenvalue weighted by molar-refractivity contribution is 6.77. The van der Waals surface area contributed by atoms with Crippen LogP contribution in [0.5, 0.6) is 0 Å². The standard InChI is InChI=1S/C29H59NO5Si2/c1-21(2)37(22(3)4,23(5)6)33-17-15-16-24-18-26(31)19-25(20-34-36(13,14)29(10,11)12)30(24)27(32)35-28(7,8)9/h18,21-23,25-26,31H,15-17,19-20H2,1-14H3/t25-,26-/m1/s1. The molecule has 0 aromatic carbocycles. The molecule has 1 amide bonds. The topological polar surface area (TPSA) is 68.2 Å². The van der Waals surface area contributed by atoms with E-state index in [1.165, 1.54) is 0 Å². The molecule has 0 fully saturated rings. The van der Waals surface area contributed by atoms with Crippen LogP contribution in [0.15, 0.2) is 11.8 Å². The van der Waals surface area contributed by atoms with Gasteiger partial charge >= 0.3 is 6.09 Å². The van der Waals surface area contributed by atoms with Crippen molar-refractivity contribution in [2.75, 3.05) is 13.2 Å². The molecular formula is C29H59NO5Si2. The van der Waals surface area contributed by atoms with Crippen LogP contribution < -0.4 is 0 Å². The summed E-state index contributed by atoms with van der Waals surface area (Å²) in [6, 6.07) is -0.268. The van der Waals surface area contributed by atoms with Crippen molar-refractivity contribution >= 4 is 22.7 Å². The average Bonchev–Trinajstić information content (AvgIpc) is 2.68. The minimum atomic E-state index is -2.02. The first-order chi connectivity index (χ1) is 16.7. The quantitative estimate of drug-likeness (QED) is 0.205. The fourth-order valence-electron chi connectivity index (χ4n) is 5.44. The van der Waals surface area contributed by atoms with Crippen LogP contribution in [-0.2, 0) is 13.6 Å². The second-order valence-electron chi connectivity index (χ2n) is 14.3. The van der Waals surface area contributed by atoms with Crippen molar-refractivity contribution in [1.82, 2.24) is 4.90 Å². The number of aliphatic hydroxyl groups is 1. The smallest absolute Gasteiger partial charge is 0.414 e. The van der Waals surface area contributed by atoms with E-state index in [-0.39, 0.29) is 17.2 Å². The molecule has 0 radical (unpaired) electrons. The number of nitrogens with zero attached hydrogens (tertiary/aromatic N) is 1. The molecule has 8 heteroatoms. The summed E-state index contributed by atoms with van der Waals surface area (Å²) >= 11 is 0. The van der Waals surface area contributed by atoms with Gasteiger partial charge in [0.25, 0.3) is 0 Å². The Hall–Kier alpha value is -0.676. The summed E-state index contributed by atoms with van der Waals surface area (Å²) in [6.45, 7) is 31.5. The molecular weight excluding hydrogens is 498 g/mol. The minimum absolute atomic E-state index is 0.0622. The molecule has 0 unspecified atom stereocenters. The summed E-state index contributed by atoms with van der Waals surface area (Å²) < 4.78 is 19.1. The molecule has 0 aromatic heterocycles. The molecule has 0 saturated carbocycles. The number of carbonyl (C=O) groups is 1. The number of rotatable bonds is 11. The van der Waals surface area contributed by atoms with E-state index in [0.29, 0.717) is 42.7 Å². The number of aliphatic hydroxyl groups excluding tert-OH is 1. The van der Waals surface area contributed by atoms with Gasteiger partial charge < -0.3 is 18.7 Å². The van der Waals surface area contributed by atoms with E-state index in [1.807, 2.05) is 26.8 Å². The molecule has 1 heterocycles. The number of amides is 1. The summed E-state index contributed by atoms with van der Waals surface area (Å²) in [7, 11) is -3.98. The zero-order valence-corrected chi connectivity index (χ0v) is 28.5. The first-order valence-corrected chi connectivity index (χ1v) is 19.4. The van der Waals surface area contributed by atoms with Gasteiger partial charge in [-0.3, -0.25) is 4.90 Å². The molecule has 1 aliphatic heterocycles. The predicted molar refractivity (Wildman–Crippen MR) is 160 cm³/mol. The highest BCUT2D eigenvalue weighted by Crippen LogP contribution is 2.42. The Morgan fingerprint density at radius 3 is 1.95 bits per heavy atom. The molecule has 1 N–H and O–H groups in total. The van der Waals surface area contributed by atoms with Crippen LogP contribution in [0.3, 0.4) is 0 Å². The molecule has 0 bridgehead atoms. The maximum absolute atomic E-state index is 13.4. The fraction of sp³-hybridized carbons (Fsp3) is 0.897. The van der Waals surface area contributed by atoms with Crippen molar-refractivity contribution in [2.24, 2.45) is 0 Å². The lowest BCUT2D eigenvalue weighted by atomic mass is 9.99. The zero-order chi connectivity index (χ0) is 29.0. The third-order valence-electron chi connectivity index (χ3n) is 8.24. The van der Waals surface area contributed by atoms with Crippen LogP contribution in [0.1, 0.15) is 102 Å². The second kappa shape index (κ2) is 13.1. The number of carbonyl (C=O) groups excluding carboxylic acids is 1. The lowest BCUT2D eigenvalue weighted by Crippen LogP contribution is -2.51. The Morgan fingerprint density at radius 2 is 1.51 bits per heavy atom. The van der Waals surface area contributed by atoms with E-state index in [1.54, 1.807) is 4.90 Å². The summed E-state index contributed by atoms with van der Waals surface area (Å²) in [5.41, 5.74) is 1.78. The van der Waals surface area contributed by atoms with Crippen LogP contribution >= 0.6 is 0 Å². The van der Waals surface area contributed by atoms with E-state index in [4.69, 9.17) is 13.6 Å². The number of allylic oxidation sites excluding steroid dienone is 1. The van der Waals surface area contributed by atoms with Crippen LogP contribution in [0.4, 0.5) is 4.79 Å². The fourth-order valence-corrected chi connectivity index (χ4v) is 12.0. The minimum Gasteiger partial charge on any atom is -0.443 e. The Kier molecular flexibility index (Phi) is 12.2. The van der Waals surface area contributed by atoms with Crippen molar-refractivity contribution < 1.29 is 23.5 Å². The molecule has 37 heavy (non-hydrogen) atoms. The molecule has 0 aliphatic carbocycles. The monoisotopic (exact) mass is 557 g/mol. The van der Waals surface area contributed by atoms with E-state index in [0.717, 1.165) is 12.1 Å². The van der Waals surface area contributed by atoms with Crippen LogP contribution in [0, 0.1) is 0 Å². The molecule has 6 nitrogen and oxygen atoms in total. The van der Waals surface area contributed by atoms with Crippen LogP contribution in [0.2, 0.25) is 34.8 Å². The molecule has 218 valence electrons. The maximum Gasteiger partial charge on any atom is 0.414 e. The van der Waals surface area contributed by atoms with Crippen molar-refractivity contribution in [2.45, 2.75) is 155 Å². The predicted octanol–water partition coefficient (Wildman–Crippen LogP) is 8.23. The van der Waals surface area contributed by atoms with Crippen molar-refractivity contribution in [3.05, 3.63) is 11.8 Å². The Bertz CT molecular complexity index is 743. The first-order valence-electron chi connectivity index (χ1n) is 14.3. The van der Waals surface area contributed by atoms with Gasteiger partial charge in [-0.2, -0.15) is 0 Å². The molecule has 0 spiro atoms. The van der Waals surface area contributed by atoms with Gasteiger partial charge in [0.2, 0.25) is 0 Å². The second-order valence-corrected chi connectivity index (χ2v) is 24.6. The lowest BCUT2D eigenvalue weighted by molar-refractivity contribution is 0.00819. The van der Waals surface area contributed by atoms with Gasteiger partial charge in [0.1, 0.15) is 5.60 Å². The van der Waals surface area contributed by atoms with E-state index in [9.17, 15) is 9.90 Å². The zero-order valence-electron chi connectivity index (χ0n) is 26.5. The number of ether oxygens (including phenoxy) is 1. The van der Waals surface area contributed by atoms with Gasteiger partial charge in [-0.15, -0.1) is 0 Å². The van der Waals surface area contributed by atoms with Gasteiger partial charge in [-0.25, -0.2) is 4.79 Å². The third-order valence-corrected chi connectivity index (χ3v) is 18.9. The summed E-state index contributed by atoms with van der Waals surface area (Å²) in [5.74, 6) is 0. The Morgan fingerprint density at radius 1 is 1.00 bits per heavy atom. The van der Waals surface area contributed by atoms with Crippen molar-refractivity contribution in [3.63, 3.8) is 0 Å². The van der Waals surface area contributed by atoms with Gasteiger partial charge in [0, 0.05) is 18.7 Å². The summed E-state index contributed by atoms with van der Waals surface area (Å²) in [6.07, 6.45) is 2.71. The molecule has 0 aromatic rings. The Labute approximate surface area is 230 Å². The SMILES string of the molecule is CC(C)[Si](OCCCC1=C[C@@H](O)C[C@H](CO[Si](C)(C)C(C)(C)C)N1C(=O)OC(C)(C)C)(C(C)C)C(C)C. The van der Waals surface area contributed by atoms with Gasteiger partial charge in [-0.05, 0) is 74.4 Å². The normalized spacial score (nSPS) is 20.2. The number of hydrogen-bond donors (Lipinski definition) is 1. The van der Waals surface area contributed by atoms with Crippen LogP contribution in [-0.4, -0.2) is 63.7 Å². The average molecular weight is 558 g/mol. The highest BCUT2D eigenvalue weighted by atomic mass is 28.4. The number of hydrogen-bond acceptors (Lipinski definition) is 5. The third kappa shape index (κ3) is 9.19. The maximum atomic E-state index is 13.4. The van der Waals surface area contributed by atoms with E-state index < -0.39 is 28.3 Å². The summed E-state index contributed by atoms with van der Waals surface area (Å²) in [4.78, 5) is 15.2. The molecule has 0 saturated heterocycles. The molecule has 2 atom stereocenters. The van der Waals surface area contributed by atoms with Gasteiger partial charge in [-0.1, -0.05) is 62.3 Å². The van der Waals surface area contributed by atoms with E-state index >= 15 is 0 Å². The first kappa shape index (κ1) is 34.4. The van der Waals surface area contributed by atoms with Gasteiger partial charge in [0.05, 0.1) is 18.8 Å². The van der Waals surface area contributed by atoms with Gasteiger partial charge in [0.15, 0.2) is 16.6 Å². The van der Waals surface area contributed by atoms with E-state index in [2.05, 4.69) is 75.4 Å². The molecule has 1 rings (SSSR count). The summed E-state index contributed by atoms with van der Waals surface area (Å²) in [5, 5.41) is 10.8. The van der Waals surface area contributed by atoms with Crippen molar-refractivity contribution in [3.8, 4) is 0 Å². The van der Waals surface area contributed by atoms with Crippen LogP contribution in [0.25, 0.3) is 0 Å². The lowest BCUT2D eigenvalue weighted by Gasteiger charge is -2.43. The Balaban J connectivity index is 3.12. The molecule has 1 aliphatic rings. The van der Waals surface area contributed by atoms with Crippen molar-refractivity contribution in [1.29, 1.82) is 0 Å². The largest absolute Gasteiger partial charge is 0.443 e. The highest BCUT2D eigenvalue weighted by Gasteiger charge is 2.45.